The number of morpholine rings is 1. The van der Waals surface area contributed by atoms with E-state index in [9.17, 15) is 0 Å². The first-order chi connectivity index (χ1) is 6.57. The Bertz CT molecular complexity index is 205. The third-order valence-corrected chi connectivity index (χ3v) is 3.05. The molecule has 1 N–H and O–H groups in total. The summed E-state index contributed by atoms with van der Waals surface area (Å²) in [7, 11) is 0. The van der Waals surface area contributed by atoms with Crippen LogP contribution in [0.5, 0.6) is 0 Å². The SMILES string of the molecule is CC1CCC(C2CNCC(C)(C)O2)O1. The van der Waals surface area contributed by atoms with Crippen molar-refractivity contribution in [3.05, 3.63) is 0 Å². The largest absolute Gasteiger partial charge is 0.373 e. The van der Waals surface area contributed by atoms with Crippen molar-refractivity contribution in [1.29, 1.82) is 0 Å². The fourth-order valence-electron chi connectivity index (χ4n) is 2.32. The number of hydrogen-bond acceptors (Lipinski definition) is 3. The number of ether oxygens (including phenoxy) is 2. The lowest BCUT2D eigenvalue weighted by atomic mass is 10.0. The van der Waals surface area contributed by atoms with Crippen LogP contribution in [0.3, 0.4) is 0 Å². The summed E-state index contributed by atoms with van der Waals surface area (Å²) in [5, 5.41) is 3.41. The van der Waals surface area contributed by atoms with Gasteiger partial charge in [0, 0.05) is 13.1 Å². The van der Waals surface area contributed by atoms with E-state index in [1.807, 2.05) is 0 Å². The molecule has 3 nitrogen and oxygen atoms in total. The fraction of sp³-hybridized carbons (Fsp3) is 1.00. The lowest BCUT2D eigenvalue weighted by Gasteiger charge is -2.39. The van der Waals surface area contributed by atoms with Crippen LogP contribution in [0, 0.1) is 0 Å². The first-order valence-corrected chi connectivity index (χ1v) is 5.61. The van der Waals surface area contributed by atoms with Crippen molar-refractivity contribution >= 4 is 0 Å². The van der Waals surface area contributed by atoms with Crippen LogP contribution in [-0.4, -0.2) is 37.0 Å². The van der Waals surface area contributed by atoms with Gasteiger partial charge in [-0.15, -0.1) is 0 Å². The molecule has 0 radical (unpaired) electrons. The number of hydrogen-bond donors (Lipinski definition) is 1. The van der Waals surface area contributed by atoms with Crippen LogP contribution in [0.4, 0.5) is 0 Å². The molecule has 2 aliphatic rings. The van der Waals surface area contributed by atoms with Crippen LogP contribution in [0.15, 0.2) is 0 Å². The molecule has 0 bridgehead atoms. The molecule has 2 saturated heterocycles. The van der Waals surface area contributed by atoms with Gasteiger partial charge in [0.05, 0.1) is 23.9 Å². The third-order valence-electron chi connectivity index (χ3n) is 3.05. The van der Waals surface area contributed by atoms with E-state index in [1.54, 1.807) is 0 Å². The van der Waals surface area contributed by atoms with Crippen molar-refractivity contribution in [2.24, 2.45) is 0 Å². The maximum absolute atomic E-state index is 6.02. The molecular formula is C11H21NO2. The highest BCUT2D eigenvalue weighted by Gasteiger charge is 2.36. The van der Waals surface area contributed by atoms with Crippen molar-refractivity contribution in [2.75, 3.05) is 13.1 Å². The smallest absolute Gasteiger partial charge is 0.0968 e. The van der Waals surface area contributed by atoms with Crippen molar-refractivity contribution < 1.29 is 9.47 Å². The Hall–Kier alpha value is -0.120. The van der Waals surface area contributed by atoms with Crippen LogP contribution in [0.2, 0.25) is 0 Å². The minimum atomic E-state index is -0.0435. The second-order valence-electron chi connectivity index (χ2n) is 5.11. The Labute approximate surface area is 86.2 Å². The zero-order valence-electron chi connectivity index (χ0n) is 9.38. The Morgan fingerprint density at radius 3 is 2.57 bits per heavy atom. The quantitative estimate of drug-likeness (QED) is 0.691. The summed E-state index contributed by atoms with van der Waals surface area (Å²) in [5.41, 5.74) is -0.0435. The van der Waals surface area contributed by atoms with E-state index in [2.05, 4.69) is 26.1 Å². The van der Waals surface area contributed by atoms with Gasteiger partial charge in [0.2, 0.25) is 0 Å². The van der Waals surface area contributed by atoms with E-state index in [-0.39, 0.29) is 11.7 Å². The molecule has 3 unspecified atom stereocenters. The average molecular weight is 199 g/mol. The Morgan fingerprint density at radius 1 is 1.21 bits per heavy atom. The molecule has 2 heterocycles. The van der Waals surface area contributed by atoms with Gasteiger partial charge in [0.1, 0.15) is 0 Å². The van der Waals surface area contributed by atoms with Crippen LogP contribution in [0.25, 0.3) is 0 Å². The summed E-state index contributed by atoms with van der Waals surface area (Å²) >= 11 is 0. The monoisotopic (exact) mass is 199 g/mol. The average Bonchev–Trinajstić information content (AvgIpc) is 2.50. The normalized spacial score (nSPS) is 42.6. The molecule has 14 heavy (non-hydrogen) atoms. The number of rotatable bonds is 1. The summed E-state index contributed by atoms with van der Waals surface area (Å²) in [5.74, 6) is 0. The molecule has 2 aliphatic heterocycles. The van der Waals surface area contributed by atoms with Gasteiger partial charge >= 0.3 is 0 Å². The van der Waals surface area contributed by atoms with Crippen LogP contribution < -0.4 is 5.32 Å². The summed E-state index contributed by atoms with van der Waals surface area (Å²) < 4.78 is 11.8. The van der Waals surface area contributed by atoms with Gasteiger partial charge in [0.15, 0.2) is 0 Å². The molecule has 0 amide bonds. The topological polar surface area (TPSA) is 30.5 Å². The van der Waals surface area contributed by atoms with Crippen molar-refractivity contribution in [2.45, 2.75) is 57.5 Å². The van der Waals surface area contributed by atoms with Gasteiger partial charge in [-0.1, -0.05) is 0 Å². The summed E-state index contributed by atoms with van der Waals surface area (Å²) in [6, 6.07) is 0. The molecule has 0 aromatic heterocycles. The third kappa shape index (κ3) is 2.27. The molecule has 0 aromatic rings. The molecular weight excluding hydrogens is 178 g/mol. The maximum atomic E-state index is 6.02. The summed E-state index contributed by atoms with van der Waals surface area (Å²) in [6.45, 7) is 8.27. The van der Waals surface area contributed by atoms with Gasteiger partial charge in [-0.3, -0.25) is 0 Å². The predicted molar refractivity (Wildman–Crippen MR) is 55.4 cm³/mol. The molecule has 0 aliphatic carbocycles. The molecule has 2 fully saturated rings. The maximum Gasteiger partial charge on any atom is 0.0968 e. The van der Waals surface area contributed by atoms with E-state index in [0.717, 1.165) is 19.5 Å². The van der Waals surface area contributed by atoms with Crippen LogP contribution in [0.1, 0.15) is 33.6 Å². The summed E-state index contributed by atoms with van der Waals surface area (Å²) in [4.78, 5) is 0. The summed E-state index contributed by atoms with van der Waals surface area (Å²) in [6.07, 6.45) is 3.27. The van der Waals surface area contributed by atoms with E-state index in [0.29, 0.717) is 12.2 Å². The molecule has 0 saturated carbocycles. The highest BCUT2D eigenvalue weighted by atomic mass is 16.6. The molecule has 0 spiro atoms. The van der Waals surface area contributed by atoms with Gasteiger partial charge in [0.25, 0.3) is 0 Å². The van der Waals surface area contributed by atoms with E-state index < -0.39 is 0 Å². The first-order valence-electron chi connectivity index (χ1n) is 5.61. The van der Waals surface area contributed by atoms with Crippen molar-refractivity contribution in [3.63, 3.8) is 0 Å². The van der Waals surface area contributed by atoms with E-state index in [1.165, 1.54) is 6.42 Å². The predicted octanol–water partition coefficient (Wildman–Crippen LogP) is 1.32. The zero-order valence-corrected chi connectivity index (χ0v) is 9.38. The first kappa shape index (κ1) is 10.4. The molecule has 2 rings (SSSR count). The zero-order chi connectivity index (χ0) is 10.2. The molecule has 82 valence electrons. The van der Waals surface area contributed by atoms with Crippen LogP contribution >= 0.6 is 0 Å². The highest BCUT2D eigenvalue weighted by Crippen LogP contribution is 2.27. The fourth-order valence-corrected chi connectivity index (χ4v) is 2.32. The lowest BCUT2D eigenvalue weighted by Crippen LogP contribution is -2.54. The Morgan fingerprint density at radius 2 is 2.00 bits per heavy atom. The lowest BCUT2D eigenvalue weighted by molar-refractivity contribution is -0.146. The number of nitrogens with one attached hydrogen (secondary N) is 1. The minimum absolute atomic E-state index is 0.0435. The van der Waals surface area contributed by atoms with Crippen LogP contribution in [-0.2, 0) is 9.47 Å². The Kier molecular flexibility index (Phi) is 2.82. The molecule has 3 atom stereocenters. The standard InChI is InChI=1S/C11H21NO2/c1-8-4-5-9(13-8)10-6-12-7-11(2,3)14-10/h8-10,12H,4-7H2,1-3H3. The van der Waals surface area contributed by atoms with Gasteiger partial charge in [-0.25, -0.2) is 0 Å². The second-order valence-corrected chi connectivity index (χ2v) is 5.11. The van der Waals surface area contributed by atoms with Crippen molar-refractivity contribution in [3.8, 4) is 0 Å². The van der Waals surface area contributed by atoms with Crippen molar-refractivity contribution in [1.82, 2.24) is 5.32 Å². The highest BCUT2D eigenvalue weighted by molar-refractivity contribution is 4.87. The van der Waals surface area contributed by atoms with Gasteiger partial charge in [-0.2, -0.15) is 0 Å². The van der Waals surface area contributed by atoms with Gasteiger partial charge < -0.3 is 14.8 Å². The van der Waals surface area contributed by atoms with E-state index >= 15 is 0 Å². The van der Waals surface area contributed by atoms with E-state index in [4.69, 9.17) is 9.47 Å². The minimum Gasteiger partial charge on any atom is -0.373 e. The molecule has 3 heteroatoms. The van der Waals surface area contributed by atoms with Gasteiger partial charge in [-0.05, 0) is 33.6 Å². The Balaban J connectivity index is 1.91. The second kappa shape index (κ2) is 3.80. The molecule has 0 aromatic carbocycles.